The summed E-state index contributed by atoms with van der Waals surface area (Å²) in [6, 6.07) is 16.7. The van der Waals surface area contributed by atoms with Crippen molar-refractivity contribution >= 4 is 11.6 Å². The zero-order chi connectivity index (χ0) is 17.6. The molecule has 0 aliphatic rings. The van der Waals surface area contributed by atoms with Crippen molar-refractivity contribution in [3.8, 4) is 28.8 Å². The fourth-order valence-corrected chi connectivity index (χ4v) is 2.64. The summed E-state index contributed by atoms with van der Waals surface area (Å²) in [5, 5.41) is 13.4. The molecule has 1 heterocycles. The Bertz CT molecular complexity index is 915. The van der Waals surface area contributed by atoms with E-state index in [4.69, 9.17) is 26.3 Å². The van der Waals surface area contributed by atoms with Gasteiger partial charge in [-0.1, -0.05) is 23.7 Å². The quantitative estimate of drug-likeness (QED) is 0.627. The van der Waals surface area contributed by atoms with E-state index in [1.54, 1.807) is 24.4 Å². The van der Waals surface area contributed by atoms with Gasteiger partial charge in [0, 0.05) is 18.8 Å². The molecule has 0 unspecified atom stereocenters. The highest BCUT2D eigenvalue weighted by atomic mass is 35.5. The third-order valence-corrected chi connectivity index (χ3v) is 3.92. The average molecular weight is 354 g/mol. The molecule has 6 heteroatoms. The topological polar surface area (TPSA) is 60.1 Å². The van der Waals surface area contributed by atoms with E-state index in [1.807, 2.05) is 48.1 Å². The maximum absolute atomic E-state index is 8.83. The van der Waals surface area contributed by atoms with Gasteiger partial charge in [0.25, 0.3) is 0 Å². The van der Waals surface area contributed by atoms with Crippen LogP contribution in [0.25, 0.3) is 11.3 Å². The minimum Gasteiger partial charge on any atom is -0.490 e. The Kier molecular flexibility index (Phi) is 5.22. The lowest BCUT2D eigenvalue weighted by Crippen LogP contribution is -2.09. The first kappa shape index (κ1) is 16.9. The first-order valence-electron chi connectivity index (χ1n) is 7.71. The van der Waals surface area contributed by atoms with Crippen LogP contribution in [0.3, 0.4) is 0 Å². The molecule has 25 heavy (non-hydrogen) atoms. The van der Waals surface area contributed by atoms with Crippen molar-refractivity contribution in [1.29, 1.82) is 5.26 Å². The first-order valence-corrected chi connectivity index (χ1v) is 8.09. The van der Waals surface area contributed by atoms with Crippen LogP contribution in [0.2, 0.25) is 5.02 Å². The summed E-state index contributed by atoms with van der Waals surface area (Å²) in [6.45, 7) is 0.729. The molecule has 0 saturated carbocycles. The number of hydrogen-bond acceptors (Lipinski definition) is 4. The molecule has 0 fully saturated rings. The van der Waals surface area contributed by atoms with Crippen LogP contribution < -0.4 is 9.47 Å². The Balaban J connectivity index is 1.56. The molecule has 0 N–H and O–H groups in total. The molecule has 0 atom stereocenters. The van der Waals surface area contributed by atoms with Crippen molar-refractivity contribution in [3.63, 3.8) is 0 Å². The monoisotopic (exact) mass is 353 g/mol. The van der Waals surface area contributed by atoms with Gasteiger partial charge in [0.1, 0.15) is 24.7 Å². The van der Waals surface area contributed by atoms with Crippen LogP contribution in [0.15, 0.2) is 54.7 Å². The minimum absolute atomic E-state index is 0.349. The molecule has 126 valence electrons. The molecular weight excluding hydrogens is 338 g/mol. The standard InChI is InChI=1S/C19H16ClN3O2/c1-23-18(7-8-22-23)15-3-2-4-16(12-15)24-9-10-25-19-6-5-14(13-21)11-17(19)20/h2-8,11-12H,9-10H2,1H3. The summed E-state index contributed by atoms with van der Waals surface area (Å²) >= 11 is 6.07. The maximum atomic E-state index is 8.83. The molecule has 0 bridgehead atoms. The lowest BCUT2D eigenvalue weighted by atomic mass is 10.1. The molecule has 0 radical (unpaired) electrons. The van der Waals surface area contributed by atoms with Crippen LogP contribution >= 0.6 is 11.6 Å². The third kappa shape index (κ3) is 4.11. The zero-order valence-electron chi connectivity index (χ0n) is 13.6. The second kappa shape index (κ2) is 7.73. The van der Waals surface area contributed by atoms with Crippen LogP contribution in [-0.4, -0.2) is 23.0 Å². The van der Waals surface area contributed by atoms with Gasteiger partial charge in [-0.15, -0.1) is 0 Å². The average Bonchev–Trinajstić information content (AvgIpc) is 3.06. The summed E-state index contributed by atoms with van der Waals surface area (Å²) in [5.41, 5.74) is 2.56. The Hall–Kier alpha value is -2.97. The number of halogens is 1. The molecule has 2 aromatic carbocycles. The van der Waals surface area contributed by atoms with Crippen LogP contribution in [-0.2, 0) is 7.05 Å². The van der Waals surface area contributed by atoms with Gasteiger partial charge in [0.2, 0.25) is 0 Å². The van der Waals surface area contributed by atoms with Gasteiger partial charge in [-0.25, -0.2) is 0 Å². The van der Waals surface area contributed by atoms with Gasteiger partial charge >= 0.3 is 0 Å². The second-order valence-corrected chi connectivity index (χ2v) is 5.73. The predicted molar refractivity (Wildman–Crippen MR) is 95.8 cm³/mol. The number of aromatic nitrogens is 2. The summed E-state index contributed by atoms with van der Waals surface area (Å²) in [5.74, 6) is 1.29. The fraction of sp³-hybridized carbons (Fsp3) is 0.158. The molecule has 3 aromatic rings. The number of rotatable bonds is 6. The first-order chi connectivity index (χ1) is 12.2. The van der Waals surface area contributed by atoms with Gasteiger partial charge < -0.3 is 9.47 Å². The van der Waals surface area contributed by atoms with E-state index in [1.165, 1.54) is 0 Å². The van der Waals surface area contributed by atoms with Gasteiger partial charge in [0.15, 0.2) is 0 Å². The van der Waals surface area contributed by atoms with Gasteiger partial charge in [-0.05, 0) is 36.4 Å². The van der Waals surface area contributed by atoms with E-state index in [0.717, 1.165) is 17.0 Å². The van der Waals surface area contributed by atoms with Crippen molar-refractivity contribution in [2.75, 3.05) is 13.2 Å². The summed E-state index contributed by atoms with van der Waals surface area (Å²) < 4.78 is 13.2. The number of nitriles is 1. The van der Waals surface area contributed by atoms with E-state index < -0.39 is 0 Å². The van der Waals surface area contributed by atoms with E-state index >= 15 is 0 Å². The summed E-state index contributed by atoms with van der Waals surface area (Å²) in [4.78, 5) is 0. The summed E-state index contributed by atoms with van der Waals surface area (Å²) in [6.07, 6.45) is 1.76. The number of nitrogens with zero attached hydrogens (tertiary/aromatic N) is 3. The van der Waals surface area contributed by atoms with E-state index in [-0.39, 0.29) is 0 Å². The van der Waals surface area contributed by atoms with Gasteiger partial charge in [-0.2, -0.15) is 10.4 Å². The molecule has 0 spiro atoms. The lowest BCUT2D eigenvalue weighted by Gasteiger charge is -2.10. The highest BCUT2D eigenvalue weighted by Gasteiger charge is 2.05. The predicted octanol–water partition coefficient (Wildman–Crippen LogP) is 4.07. The van der Waals surface area contributed by atoms with Crippen molar-refractivity contribution in [1.82, 2.24) is 9.78 Å². The van der Waals surface area contributed by atoms with Crippen LogP contribution in [0.4, 0.5) is 0 Å². The van der Waals surface area contributed by atoms with E-state index in [2.05, 4.69) is 5.10 Å². The normalized spacial score (nSPS) is 10.3. The maximum Gasteiger partial charge on any atom is 0.138 e. The fourth-order valence-electron chi connectivity index (χ4n) is 2.40. The molecule has 3 rings (SSSR count). The highest BCUT2D eigenvalue weighted by molar-refractivity contribution is 6.32. The van der Waals surface area contributed by atoms with Crippen LogP contribution in [0.1, 0.15) is 5.56 Å². The molecule has 0 aliphatic carbocycles. The largest absolute Gasteiger partial charge is 0.490 e. The van der Waals surface area contributed by atoms with E-state index in [9.17, 15) is 0 Å². The zero-order valence-corrected chi connectivity index (χ0v) is 14.4. The minimum atomic E-state index is 0.349. The van der Waals surface area contributed by atoms with Crippen molar-refractivity contribution in [2.45, 2.75) is 0 Å². The van der Waals surface area contributed by atoms with Gasteiger partial charge in [0.05, 0.1) is 22.3 Å². The van der Waals surface area contributed by atoms with Crippen LogP contribution in [0.5, 0.6) is 11.5 Å². The second-order valence-electron chi connectivity index (χ2n) is 5.32. The number of hydrogen-bond donors (Lipinski definition) is 0. The number of aryl methyl sites for hydroxylation is 1. The van der Waals surface area contributed by atoms with Crippen molar-refractivity contribution < 1.29 is 9.47 Å². The van der Waals surface area contributed by atoms with E-state index in [0.29, 0.717) is 29.5 Å². The van der Waals surface area contributed by atoms with Crippen LogP contribution in [0, 0.1) is 11.3 Å². The lowest BCUT2D eigenvalue weighted by molar-refractivity contribution is 0.217. The SMILES string of the molecule is Cn1nccc1-c1cccc(OCCOc2ccc(C#N)cc2Cl)c1. The van der Waals surface area contributed by atoms with Crippen molar-refractivity contribution in [3.05, 3.63) is 65.3 Å². The van der Waals surface area contributed by atoms with Crippen molar-refractivity contribution in [2.24, 2.45) is 7.05 Å². The number of ether oxygens (including phenoxy) is 2. The Labute approximate surface area is 151 Å². The molecule has 1 aromatic heterocycles. The third-order valence-electron chi connectivity index (χ3n) is 3.62. The molecule has 0 amide bonds. The molecule has 0 aliphatic heterocycles. The van der Waals surface area contributed by atoms with Gasteiger partial charge in [-0.3, -0.25) is 4.68 Å². The summed E-state index contributed by atoms with van der Waals surface area (Å²) in [7, 11) is 1.90. The molecular formula is C19H16ClN3O2. The molecule has 0 saturated heterocycles. The highest BCUT2D eigenvalue weighted by Crippen LogP contribution is 2.25. The molecule has 5 nitrogen and oxygen atoms in total. The smallest absolute Gasteiger partial charge is 0.138 e. The Morgan fingerprint density at radius 1 is 1.12 bits per heavy atom. The Morgan fingerprint density at radius 2 is 1.96 bits per heavy atom. The Morgan fingerprint density at radius 3 is 2.68 bits per heavy atom. The number of benzene rings is 2.